The summed E-state index contributed by atoms with van der Waals surface area (Å²) in [6.07, 6.45) is 0. The molecule has 0 saturated carbocycles. The van der Waals surface area contributed by atoms with Crippen LogP contribution in [0.5, 0.6) is 0 Å². The molecule has 0 spiro atoms. The first-order valence-electron chi connectivity index (χ1n) is 5.48. The van der Waals surface area contributed by atoms with Crippen molar-refractivity contribution in [1.82, 2.24) is 5.32 Å². The molecule has 2 aromatic rings. The van der Waals surface area contributed by atoms with E-state index in [1.807, 2.05) is 18.4 Å². The lowest BCUT2D eigenvalue weighted by Gasteiger charge is -2.14. The van der Waals surface area contributed by atoms with Crippen molar-refractivity contribution in [2.75, 3.05) is 0 Å². The molecule has 1 nitrogen and oxygen atoms in total. The third kappa shape index (κ3) is 3.16. The van der Waals surface area contributed by atoms with Crippen LogP contribution < -0.4 is 5.32 Å². The molecule has 0 bridgehead atoms. The number of nitrogens with one attached hydrogen (secondary N) is 1. The van der Waals surface area contributed by atoms with Crippen molar-refractivity contribution in [2.45, 2.75) is 19.5 Å². The van der Waals surface area contributed by atoms with Crippen molar-refractivity contribution in [3.63, 3.8) is 0 Å². The van der Waals surface area contributed by atoms with Crippen molar-refractivity contribution < 1.29 is 8.78 Å². The molecule has 0 radical (unpaired) electrons. The van der Waals surface area contributed by atoms with Crippen LogP contribution in [-0.4, -0.2) is 0 Å². The Bertz CT molecular complexity index is 542. The predicted molar refractivity (Wildman–Crippen MR) is 73.6 cm³/mol. The number of rotatable bonds is 4. The Morgan fingerprint density at radius 3 is 2.72 bits per heavy atom. The highest BCUT2D eigenvalue weighted by molar-refractivity contribution is 9.10. The number of halogens is 3. The lowest BCUT2D eigenvalue weighted by Crippen LogP contribution is -2.18. The van der Waals surface area contributed by atoms with Crippen molar-refractivity contribution in [3.8, 4) is 0 Å². The van der Waals surface area contributed by atoms with Gasteiger partial charge >= 0.3 is 0 Å². The van der Waals surface area contributed by atoms with Gasteiger partial charge in [0, 0.05) is 33.6 Å². The molecule has 0 saturated heterocycles. The van der Waals surface area contributed by atoms with Crippen LogP contribution in [0.2, 0.25) is 0 Å². The van der Waals surface area contributed by atoms with Gasteiger partial charge in [-0.25, -0.2) is 8.78 Å². The molecule has 0 aliphatic rings. The molecule has 0 amide bonds. The van der Waals surface area contributed by atoms with Gasteiger partial charge in [-0.05, 0) is 40.4 Å². The van der Waals surface area contributed by atoms with E-state index < -0.39 is 11.6 Å². The Hall–Kier alpha value is -0.780. The second-order valence-electron chi connectivity index (χ2n) is 3.96. The Morgan fingerprint density at radius 2 is 2.11 bits per heavy atom. The van der Waals surface area contributed by atoms with Gasteiger partial charge in [0.15, 0.2) is 0 Å². The van der Waals surface area contributed by atoms with Crippen LogP contribution in [0.25, 0.3) is 0 Å². The van der Waals surface area contributed by atoms with Crippen LogP contribution in [0.15, 0.2) is 34.1 Å². The van der Waals surface area contributed by atoms with Crippen LogP contribution in [0.3, 0.4) is 0 Å². The van der Waals surface area contributed by atoms with Crippen molar-refractivity contribution in [1.29, 1.82) is 0 Å². The van der Waals surface area contributed by atoms with Gasteiger partial charge in [0.05, 0.1) is 0 Å². The molecular weight excluding hydrogens is 320 g/mol. The third-order valence-corrected chi connectivity index (χ3v) is 4.62. The van der Waals surface area contributed by atoms with Crippen molar-refractivity contribution >= 4 is 27.3 Å². The van der Waals surface area contributed by atoms with E-state index in [0.29, 0.717) is 12.1 Å². The third-order valence-electron chi connectivity index (χ3n) is 2.69. The Labute approximate surface area is 117 Å². The fourth-order valence-corrected chi connectivity index (χ4v) is 3.10. The summed E-state index contributed by atoms with van der Waals surface area (Å²) in [7, 11) is 0. The van der Waals surface area contributed by atoms with E-state index in [4.69, 9.17) is 0 Å². The molecule has 1 heterocycles. The first-order chi connectivity index (χ1) is 8.58. The quantitative estimate of drug-likeness (QED) is 0.860. The minimum Gasteiger partial charge on any atom is -0.305 e. The van der Waals surface area contributed by atoms with Gasteiger partial charge in [-0.1, -0.05) is 6.07 Å². The molecule has 1 unspecified atom stereocenters. The van der Waals surface area contributed by atoms with Crippen LogP contribution >= 0.6 is 27.3 Å². The maximum Gasteiger partial charge on any atom is 0.130 e. The molecular formula is C13H12BrF2NS. The number of thiophene rings is 1. The summed E-state index contributed by atoms with van der Waals surface area (Å²) in [5.74, 6) is -1.07. The maximum atomic E-state index is 13.6. The van der Waals surface area contributed by atoms with Crippen LogP contribution in [0.4, 0.5) is 8.78 Å². The highest BCUT2D eigenvalue weighted by Gasteiger charge is 2.12. The van der Waals surface area contributed by atoms with Gasteiger partial charge in [0.2, 0.25) is 0 Å². The predicted octanol–water partition coefficient (Wildman–Crippen LogP) is 4.64. The Kier molecular flexibility index (Phi) is 4.48. The second-order valence-corrected chi connectivity index (χ2v) is 5.82. The lowest BCUT2D eigenvalue weighted by molar-refractivity contribution is 0.519. The minimum absolute atomic E-state index is 0.167. The molecule has 0 aliphatic carbocycles. The highest BCUT2D eigenvalue weighted by Crippen LogP contribution is 2.24. The SMILES string of the molecule is CC(NCc1sccc1Br)c1ccc(F)cc1F. The van der Waals surface area contributed by atoms with E-state index in [2.05, 4.69) is 21.2 Å². The monoisotopic (exact) mass is 331 g/mol. The van der Waals surface area contributed by atoms with E-state index >= 15 is 0 Å². The Balaban J connectivity index is 2.03. The van der Waals surface area contributed by atoms with Crippen molar-refractivity contribution in [2.24, 2.45) is 0 Å². The molecule has 18 heavy (non-hydrogen) atoms. The topological polar surface area (TPSA) is 12.0 Å². The van der Waals surface area contributed by atoms with E-state index in [0.717, 1.165) is 15.4 Å². The molecule has 1 aromatic carbocycles. The van der Waals surface area contributed by atoms with E-state index in [9.17, 15) is 8.78 Å². The zero-order valence-corrected chi connectivity index (χ0v) is 12.1. The summed E-state index contributed by atoms with van der Waals surface area (Å²) in [4.78, 5) is 1.16. The Morgan fingerprint density at radius 1 is 1.33 bits per heavy atom. The van der Waals surface area contributed by atoms with Gasteiger partial charge in [-0.2, -0.15) is 0 Å². The van der Waals surface area contributed by atoms with Gasteiger partial charge in [-0.15, -0.1) is 11.3 Å². The zero-order valence-electron chi connectivity index (χ0n) is 9.71. The van der Waals surface area contributed by atoms with Crippen LogP contribution in [-0.2, 0) is 6.54 Å². The van der Waals surface area contributed by atoms with E-state index in [1.54, 1.807) is 11.3 Å². The molecule has 1 N–H and O–H groups in total. The van der Waals surface area contributed by atoms with E-state index in [-0.39, 0.29) is 6.04 Å². The number of hydrogen-bond donors (Lipinski definition) is 1. The first-order valence-corrected chi connectivity index (χ1v) is 7.15. The zero-order chi connectivity index (χ0) is 13.1. The first kappa shape index (κ1) is 13.6. The maximum absolute atomic E-state index is 13.6. The molecule has 5 heteroatoms. The average Bonchev–Trinajstić information content (AvgIpc) is 2.72. The summed E-state index contributed by atoms with van der Waals surface area (Å²) in [5.41, 5.74) is 0.476. The largest absolute Gasteiger partial charge is 0.305 e. The summed E-state index contributed by atoms with van der Waals surface area (Å²) in [6, 6.07) is 5.47. The van der Waals surface area contributed by atoms with Gasteiger partial charge in [0.1, 0.15) is 11.6 Å². The van der Waals surface area contributed by atoms with Gasteiger partial charge in [0.25, 0.3) is 0 Å². The average molecular weight is 332 g/mol. The normalized spacial score (nSPS) is 12.7. The summed E-state index contributed by atoms with van der Waals surface area (Å²) in [6.45, 7) is 2.51. The summed E-state index contributed by atoms with van der Waals surface area (Å²) < 4.78 is 27.4. The summed E-state index contributed by atoms with van der Waals surface area (Å²) >= 11 is 5.07. The summed E-state index contributed by atoms with van der Waals surface area (Å²) in [5, 5.41) is 5.21. The molecule has 1 aromatic heterocycles. The van der Waals surface area contributed by atoms with Gasteiger partial charge < -0.3 is 5.32 Å². The smallest absolute Gasteiger partial charge is 0.130 e. The molecule has 2 rings (SSSR count). The molecule has 96 valence electrons. The standard InChI is InChI=1S/C13H12BrF2NS/c1-8(10-3-2-9(15)6-12(10)16)17-7-13-11(14)4-5-18-13/h2-6,8,17H,7H2,1H3. The van der Waals surface area contributed by atoms with Crippen molar-refractivity contribution in [3.05, 3.63) is 56.2 Å². The molecule has 1 atom stereocenters. The molecule has 0 fully saturated rings. The van der Waals surface area contributed by atoms with Crippen LogP contribution in [0.1, 0.15) is 23.4 Å². The van der Waals surface area contributed by atoms with E-state index in [1.165, 1.54) is 12.1 Å². The fraction of sp³-hybridized carbons (Fsp3) is 0.231. The number of hydrogen-bond acceptors (Lipinski definition) is 2. The van der Waals surface area contributed by atoms with Gasteiger partial charge in [-0.3, -0.25) is 0 Å². The highest BCUT2D eigenvalue weighted by atomic mass is 79.9. The minimum atomic E-state index is -0.551. The van der Waals surface area contributed by atoms with Crippen LogP contribution in [0, 0.1) is 11.6 Å². The number of benzene rings is 1. The fourth-order valence-electron chi connectivity index (χ4n) is 1.66. The second kappa shape index (κ2) is 5.91. The lowest BCUT2D eigenvalue weighted by atomic mass is 10.1. The molecule has 0 aliphatic heterocycles.